The first kappa shape index (κ1) is 16.1. The molecule has 0 saturated carbocycles. The first-order valence-electron chi connectivity index (χ1n) is 7.78. The summed E-state index contributed by atoms with van der Waals surface area (Å²) in [4.78, 5) is 0. The zero-order valence-corrected chi connectivity index (χ0v) is 15.0. The van der Waals surface area contributed by atoms with Crippen molar-refractivity contribution in [3.8, 4) is 0 Å². The third kappa shape index (κ3) is 3.43. The number of halogens is 1. The standard InChI is InChI=1S/C19H21BrN2O/c1-13-14(2)22(19-6-4-3-5-18(13)19)12-17(23)11-21-16-9-7-15(20)8-10-16/h3-10,17,21,23H,11-12H2,1-2H3/t17-/m1/s1. The van der Waals surface area contributed by atoms with Gasteiger partial charge in [-0.25, -0.2) is 0 Å². The molecule has 1 heterocycles. The normalized spacial score (nSPS) is 12.5. The van der Waals surface area contributed by atoms with Crippen LogP contribution in [0.3, 0.4) is 0 Å². The van der Waals surface area contributed by atoms with Crippen LogP contribution in [0.5, 0.6) is 0 Å². The number of hydrogen-bond acceptors (Lipinski definition) is 2. The van der Waals surface area contributed by atoms with Crippen LogP contribution in [0.4, 0.5) is 5.69 Å². The van der Waals surface area contributed by atoms with E-state index in [2.05, 4.69) is 57.9 Å². The lowest BCUT2D eigenvalue weighted by molar-refractivity contribution is 0.167. The highest BCUT2D eigenvalue weighted by molar-refractivity contribution is 9.10. The number of nitrogens with one attached hydrogen (secondary N) is 1. The molecular weight excluding hydrogens is 352 g/mol. The molecule has 4 heteroatoms. The van der Waals surface area contributed by atoms with E-state index in [0.29, 0.717) is 13.1 Å². The summed E-state index contributed by atoms with van der Waals surface area (Å²) in [6.07, 6.45) is -0.451. The Morgan fingerprint density at radius 3 is 2.52 bits per heavy atom. The molecule has 0 spiro atoms. The maximum atomic E-state index is 10.4. The van der Waals surface area contributed by atoms with Gasteiger partial charge in [-0.15, -0.1) is 0 Å². The van der Waals surface area contributed by atoms with Crippen LogP contribution in [0.2, 0.25) is 0 Å². The van der Waals surface area contributed by atoms with Crippen molar-refractivity contribution in [2.24, 2.45) is 0 Å². The maximum Gasteiger partial charge on any atom is 0.0891 e. The third-order valence-corrected chi connectivity index (χ3v) is 4.85. The molecule has 2 aromatic carbocycles. The minimum atomic E-state index is -0.451. The van der Waals surface area contributed by atoms with Crippen molar-refractivity contribution in [3.63, 3.8) is 0 Å². The van der Waals surface area contributed by atoms with Gasteiger partial charge in [0.2, 0.25) is 0 Å². The summed E-state index contributed by atoms with van der Waals surface area (Å²) >= 11 is 3.42. The molecule has 0 unspecified atom stereocenters. The monoisotopic (exact) mass is 372 g/mol. The van der Waals surface area contributed by atoms with E-state index >= 15 is 0 Å². The predicted molar refractivity (Wildman–Crippen MR) is 100 cm³/mol. The molecule has 3 aromatic rings. The molecule has 0 saturated heterocycles. The zero-order valence-electron chi connectivity index (χ0n) is 13.4. The van der Waals surface area contributed by atoms with Crippen LogP contribution in [0.1, 0.15) is 11.3 Å². The number of aliphatic hydroxyl groups excluding tert-OH is 1. The summed E-state index contributed by atoms with van der Waals surface area (Å²) in [7, 11) is 0. The van der Waals surface area contributed by atoms with Gasteiger partial charge in [0.15, 0.2) is 0 Å². The van der Waals surface area contributed by atoms with E-state index in [-0.39, 0.29) is 0 Å². The van der Waals surface area contributed by atoms with Crippen molar-refractivity contribution in [2.45, 2.75) is 26.5 Å². The van der Waals surface area contributed by atoms with Crippen LogP contribution < -0.4 is 5.32 Å². The second kappa shape index (κ2) is 6.77. The highest BCUT2D eigenvalue weighted by Gasteiger charge is 2.13. The van der Waals surface area contributed by atoms with Crippen molar-refractivity contribution in [2.75, 3.05) is 11.9 Å². The van der Waals surface area contributed by atoms with Gasteiger partial charge in [-0.1, -0.05) is 34.1 Å². The van der Waals surface area contributed by atoms with Crippen LogP contribution >= 0.6 is 15.9 Å². The fourth-order valence-electron chi connectivity index (χ4n) is 2.92. The number of aliphatic hydroxyl groups is 1. The maximum absolute atomic E-state index is 10.4. The minimum Gasteiger partial charge on any atom is -0.389 e. The molecular formula is C19H21BrN2O. The number of benzene rings is 2. The quantitative estimate of drug-likeness (QED) is 0.691. The molecule has 0 fully saturated rings. The molecule has 2 N–H and O–H groups in total. The average Bonchev–Trinajstić information content (AvgIpc) is 2.80. The molecule has 23 heavy (non-hydrogen) atoms. The van der Waals surface area contributed by atoms with Crippen molar-refractivity contribution in [3.05, 3.63) is 64.3 Å². The number of fused-ring (bicyclic) bond motifs is 1. The van der Waals surface area contributed by atoms with Gasteiger partial charge in [-0.3, -0.25) is 0 Å². The van der Waals surface area contributed by atoms with Gasteiger partial charge in [-0.2, -0.15) is 0 Å². The second-order valence-electron chi connectivity index (χ2n) is 5.88. The van der Waals surface area contributed by atoms with E-state index in [1.54, 1.807) is 0 Å². The number of aromatic nitrogens is 1. The topological polar surface area (TPSA) is 37.2 Å². The lowest BCUT2D eigenvalue weighted by Gasteiger charge is -2.16. The smallest absolute Gasteiger partial charge is 0.0891 e. The average molecular weight is 373 g/mol. The Hall–Kier alpha value is -1.78. The van der Waals surface area contributed by atoms with Gasteiger partial charge in [0, 0.05) is 33.3 Å². The number of aryl methyl sites for hydroxylation is 1. The molecule has 1 atom stereocenters. The first-order valence-corrected chi connectivity index (χ1v) is 8.57. The Morgan fingerprint density at radius 1 is 1.09 bits per heavy atom. The molecule has 0 radical (unpaired) electrons. The number of rotatable bonds is 5. The summed E-state index contributed by atoms with van der Waals surface area (Å²) in [5.41, 5.74) is 4.70. The number of para-hydroxylation sites is 1. The third-order valence-electron chi connectivity index (χ3n) is 4.33. The molecule has 3 rings (SSSR count). The van der Waals surface area contributed by atoms with Crippen molar-refractivity contribution in [1.29, 1.82) is 0 Å². The largest absolute Gasteiger partial charge is 0.389 e. The SMILES string of the molecule is Cc1c(C)n(C[C@H](O)CNc2ccc(Br)cc2)c2ccccc12. The van der Waals surface area contributed by atoms with Gasteiger partial charge in [0.25, 0.3) is 0 Å². The van der Waals surface area contributed by atoms with E-state index in [9.17, 15) is 5.11 Å². The van der Waals surface area contributed by atoms with Crippen LogP contribution in [0, 0.1) is 13.8 Å². The Bertz CT molecular complexity index is 808. The van der Waals surface area contributed by atoms with Crippen molar-refractivity contribution in [1.82, 2.24) is 4.57 Å². The lowest BCUT2D eigenvalue weighted by Crippen LogP contribution is -2.25. The first-order chi connectivity index (χ1) is 11.1. The lowest BCUT2D eigenvalue weighted by atomic mass is 10.2. The molecule has 1 aromatic heterocycles. The van der Waals surface area contributed by atoms with E-state index in [0.717, 1.165) is 10.2 Å². The highest BCUT2D eigenvalue weighted by Crippen LogP contribution is 2.25. The highest BCUT2D eigenvalue weighted by atomic mass is 79.9. The fraction of sp³-hybridized carbons (Fsp3) is 0.263. The van der Waals surface area contributed by atoms with Crippen LogP contribution in [0.25, 0.3) is 10.9 Å². The minimum absolute atomic E-state index is 0.451. The van der Waals surface area contributed by atoms with Gasteiger partial charge in [-0.05, 0) is 49.7 Å². The molecule has 3 nitrogen and oxygen atoms in total. The Morgan fingerprint density at radius 2 is 1.78 bits per heavy atom. The van der Waals surface area contributed by atoms with E-state index in [1.807, 2.05) is 30.3 Å². The molecule has 0 aliphatic rings. The van der Waals surface area contributed by atoms with Crippen molar-refractivity contribution >= 4 is 32.5 Å². The summed E-state index contributed by atoms with van der Waals surface area (Å²) in [5, 5.41) is 15.0. The summed E-state index contributed by atoms with van der Waals surface area (Å²) in [5.74, 6) is 0. The Labute approximate surface area is 145 Å². The Balaban J connectivity index is 1.72. The summed E-state index contributed by atoms with van der Waals surface area (Å²) in [6, 6.07) is 16.3. The van der Waals surface area contributed by atoms with E-state index in [1.165, 1.54) is 22.2 Å². The number of hydrogen-bond donors (Lipinski definition) is 2. The second-order valence-corrected chi connectivity index (χ2v) is 6.80. The summed E-state index contributed by atoms with van der Waals surface area (Å²) in [6.45, 7) is 5.36. The molecule has 0 amide bonds. The summed E-state index contributed by atoms with van der Waals surface area (Å²) < 4.78 is 3.26. The van der Waals surface area contributed by atoms with Crippen LogP contribution in [-0.2, 0) is 6.54 Å². The molecule has 0 aliphatic carbocycles. The zero-order chi connectivity index (χ0) is 16.4. The number of anilines is 1. The van der Waals surface area contributed by atoms with Crippen LogP contribution in [0.15, 0.2) is 53.0 Å². The van der Waals surface area contributed by atoms with Gasteiger partial charge in [0.1, 0.15) is 0 Å². The van der Waals surface area contributed by atoms with Crippen LogP contribution in [-0.4, -0.2) is 22.3 Å². The molecule has 0 aliphatic heterocycles. The van der Waals surface area contributed by atoms with Gasteiger partial charge < -0.3 is 15.0 Å². The fourth-order valence-corrected chi connectivity index (χ4v) is 3.18. The molecule has 0 bridgehead atoms. The van der Waals surface area contributed by atoms with Crippen molar-refractivity contribution < 1.29 is 5.11 Å². The van der Waals surface area contributed by atoms with Gasteiger partial charge >= 0.3 is 0 Å². The number of nitrogens with zero attached hydrogens (tertiary/aromatic N) is 1. The van der Waals surface area contributed by atoms with E-state index < -0.39 is 6.10 Å². The van der Waals surface area contributed by atoms with E-state index in [4.69, 9.17) is 0 Å². The molecule has 120 valence electrons. The Kier molecular flexibility index (Phi) is 4.74. The predicted octanol–water partition coefficient (Wildman–Crippen LogP) is 4.49. The van der Waals surface area contributed by atoms with Gasteiger partial charge in [0.05, 0.1) is 12.6 Å².